The first kappa shape index (κ1) is 28.7. The summed E-state index contributed by atoms with van der Waals surface area (Å²) in [6, 6.07) is 1.05. The van der Waals surface area contributed by atoms with Gasteiger partial charge in [-0.05, 0) is 12.8 Å². The topological polar surface area (TPSA) is 175 Å². The van der Waals surface area contributed by atoms with Crippen molar-refractivity contribution in [3.63, 3.8) is 0 Å². The van der Waals surface area contributed by atoms with Crippen LogP contribution in [0.2, 0.25) is 0 Å². The second kappa shape index (κ2) is 14.5. The molecule has 0 saturated heterocycles. The highest BCUT2D eigenvalue weighted by atomic mass is 32.2. The second-order valence-corrected chi connectivity index (χ2v) is 7.07. The highest BCUT2D eigenvalue weighted by Crippen LogP contribution is 2.21. The maximum Gasteiger partial charge on any atom is 0.395 e. The van der Waals surface area contributed by atoms with E-state index >= 15 is 0 Å². The molecule has 4 N–H and O–H groups in total. The Morgan fingerprint density at radius 2 is 1.55 bits per heavy atom. The summed E-state index contributed by atoms with van der Waals surface area (Å²) < 4.78 is 0. The number of nitrogens with one attached hydrogen (secondary N) is 2. The summed E-state index contributed by atoms with van der Waals surface area (Å²) in [7, 11) is 0. The van der Waals surface area contributed by atoms with Gasteiger partial charge in [0, 0.05) is 11.5 Å². The molecule has 0 aliphatic heterocycles. The normalized spacial score (nSPS) is 9.45. The monoisotopic (exact) mass is 449 g/mol. The molecular weight excluding hydrogens is 422 g/mol. The largest absolute Gasteiger partial charge is 0.493 e. The summed E-state index contributed by atoms with van der Waals surface area (Å²) in [6.07, 6.45) is 1.87. The first-order valence-corrected chi connectivity index (χ1v) is 9.79. The SMILES string of the molecule is C.C.CCCSc1nc(O)c([N+](=O)[O-])c(=O)[nH]1.CCCSc1nc(O)cc(=O)[nH]1. The van der Waals surface area contributed by atoms with Crippen molar-refractivity contribution in [1.29, 1.82) is 0 Å². The second-order valence-electron chi connectivity index (χ2n) is 4.91. The van der Waals surface area contributed by atoms with Gasteiger partial charge in [-0.15, -0.1) is 0 Å². The Morgan fingerprint density at radius 1 is 1.03 bits per heavy atom. The molecule has 2 rings (SSSR count). The lowest BCUT2D eigenvalue weighted by Crippen LogP contribution is -2.13. The molecule has 0 saturated carbocycles. The predicted octanol–water partition coefficient (Wildman–Crippen LogP) is 3.14. The number of hydrogen-bond donors (Lipinski definition) is 4. The van der Waals surface area contributed by atoms with Gasteiger partial charge < -0.3 is 15.2 Å². The maximum absolute atomic E-state index is 11.2. The molecule has 0 aliphatic carbocycles. The summed E-state index contributed by atoms with van der Waals surface area (Å²) in [6.45, 7) is 3.98. The van der Waals surface area contributed by atoms with Crippen LogP contribution in [0.3, 0.4) is 0 Å². The summed E-state index contributed by atoms with van der Waals surface area (Å²) in [5.41, 5.74) is -2.18. The van der Waals surface area contributed by atoms with E-state index in [0.717, 1.165) is 24.7 Å². The number of aromatic nitrogens is 4. The third-order valence-electron chi connectivity index (χ3n) is 2.63. The molecule has 11 nitrogen and oxygen atoms in total. The van der Waals surface area contributed by atoms with Crippen molar-refractivity contribution in [3.05, 3.63) is 36.9 Å². The fourth-order valence-corrected chi connectivity index (χ4v) is 3.00. The van der Waals surface area contributed by atoms with E-state index in [2.05, 4.69) is 19.9 Å². The molecule has 164 valence electrons. The summed E-state index contributed by atoms with van der Waals surface area (Å²) >= 11 is 2.64. The zero-order chi connectivity index (χ0) is 20.4. The molecule has 0 radical (unpaired) electrons. The Balaban J connectivity index is 0. The van der Waals surface area contributed by atoms with Crippen molar-refractivity contribution in [2.45, 2.75) is 51.9 Å². The van der Waals surface area contributed by atoms with Crippen molar-refractivity contribution < 1.29 is 15.1 Å². The molecule has 0 fully saturated rings. The smallest absolute Gasteiger partial charge is 0.395 e. The number of thioether (sulfide) groups is 2. The zero-order valence-electron chi connectivity index (χ0n) is 14.6. The summed E-state index contributed by atoms with van der Waals surface area (Å²) in [5.74, 6) is 0.520. The molecule has 0 bridgehead atoms. The lowest BCUT2D eigenvalue weighted by Gasteiger charge is -1.99. The third kappa shape index (κ3) is 9.99. The fourth-order valence-electron chi connectivity index (χ4n) is 1.56. The van der Waals surface area contributed by atoms with Gasteiger partial charge in [-0.1, -0.05) is 52.2 Å². The molecule has 2 aromatic rings. The van der Waals surface area contributed by atoms with E-state index in [1.807, 2.05) is 13.8 Å². The average Bonchev–Trinajstić information content (AvgIpc) is 2.57. The van der Waals surface area contributed by atoms with E-state index in [0.29, 0.717) is 10.9 Å². The highest BCUT2D eigenvalue weighted by Gasteiger charge is 2.21. The van der Waals surface area contributed by atoms with Gasteiger partial charge in [0.2, 0.25) is 5.88 Å². The van der Waals surface area contributed by atoms with Crippen LogP contribution < -0.4 is 11.1 Å². The lowest BCUT2D eigenvalue weighted by atomic mass is 10.5. The number of H-pyrrole nitrogens is 2. The van der Waals surface area contributed by atoms with Crippen LogP contribution in [0.1, 0.15) is 41.5 Å². The molecule has 0 atom stereocenters. The molecule has 2 heterocycles. The minimum absolute atomic E-state index is 0. The maximum atomic E-state index is 11.2. The number of nitrogens with zero attached hydrogens (tertiary/aromatic N) is 3. The molecule has 0 amide bonds. The molecule has 0 aromatic carbocycles. The summed E-state index contributed by atoms with van der Waals surface area (Å²) in [5, 5.41) is 29.1. The van der Waals surface area contributed by atoms with Gasteiger partial charge in [-0.2, -0.15) is 9.97 Å². The van der Waals surface area contributed by atoms with Gasteiger partial charge in [0.1, 0.15) is 0 Å². The molecule has 0 aliphatic rings. The van der Waals surface area contributed by atoms with Gasteiger partial charge in [0.05, 0.1) is 11.0 Å². The lowest BCUT2D eigenvalue weighted by molar-refractivity contribution is -0.387. The molecular formula is C16H27N5O6S2. The van der Waals surface area contributed by atoms with Gasteiger partial charge in [0.15, 0.2) is 10.3 Å². The number of aromatic amines is 2. The van der Waals surface area contributed by atoms with E-state index in [9.17, 15) is 19.7 Å². The van der Waals surface area contributed by atoms with Crippen LogP contribution in [0.25, 0.3) is 0 Å². The van der Waals surface area contributed by atoms with Gasteiger partial charge in [-0.25, -0.2) is 0 Å². The Labute approximate surface area is 176 Å². The van der Waals surface area contributed by atoms with Gasteiger partial charge in [0.25, 0.3) is 11.4 Å². The first-order valence-electron chi connectivity index (χ1n) is 7.82. The Kier molecular flexibility index (Phi) is 14.3. The number of nitro groups is 1. The minimum Gasteiger partial charge on any atom is -0.493 e. The van der Waals surface area contributed by atoms with Crippen molar-refractivity contribution in [2.75, 3.05) is 11.5 Å². The van der Waals surface area contributed by atoms with E-state index in [-0.39, 0.29) is 31.4 Å². The molecule has 29 heavy (non-hydrogen) atoms. The third-order valence-corrected chi connectivity index (χ3v) is 4.79. The van der Waals surface area contributed by atoms with Crippen LogP contribution in [0, 0.1) is 10.1 Å². The van der Waals surface area contributed by atoms with Gasteiger partial charge >= 0.3 is 11.2 Å². The quantitative estimate of drug-likeness (QED) is 0.212. The van der Waals surface area contributed by atoms with Crippen LogP contribution in [0.5, 0.6) is 11.8 Å². The molecule has 0 unspecified atom stereocenters. The first-order chi connectivity index (χ1) is 12.8. The van der Waals surface area contributed by atoms with E-state index in [1.165, 1.54) is 23.5 Å². The van der Waals surface area contributed by atoms with Crippen molar-refractivity contribution >= 4 is 29.2 Å². The highest BCUT2D eigenvalue weighted by molar-refractivity contribution is 7.99. The van der Waals surface area contributed by atoms with E-state index < -0.39 is 22.0 Å². The molecule has 13 heteroatoms. The fraction of sp³-hybridized carbons (Fsp3) is 0.500. The van der Waals surface area contributed by atoms with E-state index in [1.54, 1.807) is 0 Å². The Morgan fingerprint density at radius 3 is 1.97 bits per heavy atom. The van der Waals surface area contributed by atoms with Crippen molar-refractivity contribution in [3.8, 4) is 11.8 Å². The average molecular weight is 450 g/mol. The Hall–Kier alpha value is -2.54. The van der Waals surface area contributed by atoms with E-state index in [4.69, 9.17) is 10.2 Å². The van der Waals surface area contributed by atoms with Crippen LogP contribution >= 0.6 is 23.5 Å². The van der Waals surface area contributed by atoms with Crippen molar-refractivity contribution in [2.24, 2.45) is 0 Å². The van der Waals surface area contributed by atoms with Crippen LogP contribution in [0.15, 0.2) is 26.0 Å². The summed E-state index contributed by atoms with van der Waals surface area (Å²) in [4.78, 5) is 43.3. The van der Waals surface area contributed by atoms with Crippen LogP contribution in [0.4, 0.5) is 5.69 Å². The van der Waals surface area contributed by atoms with Crippen LogP contribution in [-0.4, -0.2) is 46.6 Å². The Bertz CT molecular complexity index is 887. The minimum atomic E-state index is -0.963. The zero-order valence-corrected chi connectivity index (χ0v) is 16.2. The standard InChI is InChI=1S/C7H9N3O4S.C7H10N2O2S.2CH4/c1-2-3-15-7-8-5(11)4(10(13)14)6(12)9-7;1-2-3-12-7-8-5(10)4-6(11)9-7;;/h2-3H2,1H3,(H2,8,9,11,12);4H,2-3H2,1H3,(H2,8,9,10,11);2*1H4. The number of aromatic hydroxyl groups is 2. The van der Waals surface area contributed by atoms with Crippen LogP contribution in [-0.2, 0) is 0 Å². The van der Waals surface area contributed by atoms with Gasteiger partial charge in [-0.3, -0.25) is 24.7 Å². The number of rotatable bonds is 7. The van der Waals surface area contributed by atoms with Crippen molar-refractivity contribution in [1.82, 2.24) is 19.9 Å². The molecule has 2 aromatic heterocycles. The number of hydrogen-bond acceptors (Lipinski definition) is 10. The molecule has 0 spiro atoms. The predicted molar refractivity (Wildman–Crippen MR) is 115 cm³/mol.